The van der Waals surface area contributed by atoms with Gasteiger partial charge in [-0.25, -0.2) is 13.1 Å². The fourth-order valence-corrected chi connectivity index (χ4v) is 3.46. The van der Waals surface area contributed by atoms with Crippen LogP contribution in [0.3, 0.4) is 0 Å². The third-order valence-corrected chi connectivity index (χ3v) is 4.83. The summed E-state index contributed by atoms with van der Waals surface area (Å²) in [6.45, 7) is 1.90. The van der Waals surface area contributed by atoms with Crippen LogP contribution in [0.4, 0.5) is 5.69 Å². The largest absolute Gasteiger partial charge is 0.374 e. The first-order chi connectivity index (χ1) is 9.90. The zero-order valence-electron chi connectivity index (χ0n) is 10.9. The van der Waals surface area contributed by atoms with Crippen molar-refractivity contribution in [2.45, 2.75) is 11.0 Å². The van der Waals surface area contributed by atoms with Crippen molar-refractivity contribution in [3.8, 4) is 0 Å². The smallest absolute Gasteiger partial charge is 0.271 e. The molecule has 21 heavy (non-hydrogen) atoms. The van der Waals surface area contributed by atoms with Crippen molar-refractivity contribution in [2.75, 3.05) is 26.2 Å². The predicted octanol–water partition coefficient (Wildman–Crippen LogP) is 0.515. The maximum Gasteiger partial charge on any atom is 0.271 e. The van der Waals surface area contributed by atoms with Crippen LogP contribution < -0.4 is 10.0 Å². The number of hydrogen-bond donors (Lipinski definition) is 2. The van der Waals surface area contributed by atoms with Crippen molar-refractivity contribution in [2.24, 2.45) is 0 Å². The number of ether oxygens (including phenoxy) is 1. The Balaban J connectivity index is 2.10. The molecule has 1 saturated heterocycles. The molecule has 0 amide bonds. The predicted molar refractivity (Wildman–Crippen MR) is 75.9 cm³/mol. The van der Waals surface area contributed by atoms with Crippen LogP contribution in [0.2, 0.25) is 5.02 Å². The van der Waals surface area contributed by atoms with Crippen LogP contribution in [0.25, 0.3) is 0 Å². The number of halogens is 1. The Morgan fingerprint density at radius 3 is 2.86 bits per heavy atom. The normalized spacial score (nSPS) is 19.4. The second kappa shape index (κ2) is 6.67. The number of nitrogens with zero attached hydrogens (tertiary/aromatic N) is 1. The maximum absolute atomic E-state index is 12.1. The number of sulfonamides is 1. The second-order valence-electron chi connectivity index (χ2n) is 4.42. The van der Waals surface area contributed by atoms with E-state index in [2.05, 4.69) is 10.0 Å². The lowest BCUT2D eigenvalue weighted by Crippen LogP contribution is -2.45. The molecular weight excluding hydrogens is 322 g/mol. The maximum atomic E-state index is 12.1. The van der Waals surface area contributed by atoms with Gasteiger partial charge in [0.1, 0.15) is 4.90 Å². The quantitative estimate of drug-likeness (QED) is 0.599. The number of hydrogen-bond acceptors (Lipinski definition) is 6. The highest BCUT2D eigenvalue weighted by atomic mass is 35.5. The van der Waals surface area contributed by atoms with E-state index in [1.54, 1.807) is 0 Å². The van der Waals surface area contributed by atoms with E-state index in [4.69, 9.17) is 16.3 Å². The van der Waals surface area contributed by atoms with Crippen molar-refractivity contribution < 1.29 is 18.1 Å². The first kappa shape index (κ1) is 16.1. The van der Waals surface area contributed by atoms with E-state index < -0.39 is 14.9 Å². The van der Waals surface area contributed by atoms with Gasteiger partial charge in [-0.2, -0.15) is 0 Å². The molecule has 1 aromatic rings. The van der Waals surface area contributed by atoms with Crippen LogP contribution in [0.15, 0.2) is 23.1 Å². The van der Waals surface area contributed by atoms with E-state index in [1.165, 1.54) is 0 Å². The van der Waals surface area contributed by atoms with Gasteiger partial charge in [0.15, 0.2) is 0 Å². The van der Waals surface area contributed by atoms with Crippen molar-refractivity contribution >= 4 is 27.3 Å². The Kier molecular flexibility index (Phi) is 5.12. The summed E-state index contributed by atoms with van der Waals surface area (Å²) in [6.07, 6.45) is -0.259. The molecular formula is C11H14ClN3O5S. The van der Waals surface area contributed by atoms with Gasteiger partial charge in [-0.1, -0.05) is 11.6 Å². The van der Waals surface area contributed by atoms with Crippen LogP contribution in [-0.2, 0) is 14.8 Å². The molecule has 0 aromatic heterocycles. The Labute approximate surface area is 126 Å². The first-order valence-corrected chi connectivity index (χ1v) is 8.02. The van der Waals surface area contributed by atoms with Crippen molar-refractivity contribution in [3.63, 3.8) is 0 Å². The summed E-state index contributed by atoms with van der Waals surface area (Å²) in [5.41, 5.74) is -0.265. The fraction of sp³-hybridized carbons (Fsp3) is 0.455. The molecule has 0 aliphatic carbocycles. The van der Waals surface area contributed by atoms with E-state index in [0.717, 1.165) is 24.7 Å². The lowest BCUT2D eigenvalue weighted by molar-refractivity contribution is -0.384. The lowest BCUT2D eigenvalue weighted by atomic mass is 10.3. The lowest BCUT2D eigenvalue weighted by Gasteiger charge is -2.23. The highest BCUT2D eigenvalue weighted by Crippen LogP contribution is 2.25. The SMILES string of the molecule is O=[N+]([O-])c1ccc(S(=O)(=O)NCC2CNCCO2)c(Cl)c1. The molecule has 1 aromatic carbocycles. The van der Waals surface area contributed by atoms with Crippen molar-refractivity contribution in [3.05, 3.63) is 33.3 Å². The topological polar surface area (TPSA) is 111 Å². The summed E-state index contributed by atoms with van der Waals surface area (Å²) in [6, 6.07) is 3.22. The highest BCUT2D eigenvalue weighted by Gasteiger charge is 2.22. The molecule has 1 atom stereocenters. The number of non-ortho nitro benzene ring substituents is 1. The van der Waals surface area contributed by atoms with E-state index >= 15 is 0 Å². The number of morpholine rings is 1. The molecule has 1 unspecified atom stereocenters. The summed E-state index contributed by atoms with van der Waals surface area (Å²) in [5.74, 6) is 0. The van der Waals surface area contributed by atoms with Crippen LogP contribution in [0.5, 0.6) is 0 Å². The highest BCUT2D eigenvalue weighted by molar-refractivity contribution is 7.89. The fourth-order valence-electron chi connectivity index (χ4n) is 1.85. The number of nitro groups is 1. The summed E-state index contributed by atoms with van der Waals surface area (Å²) in [7, 11) is -3.85. The van der Waals surface area contributed by atoms with Gasteiger partial charge in [-0.05, 0) is 6.07 Å². The molecule has 1 aliphatic heterocycles. The van der Waals surface area contributed by atoms with Crippen LogP contribution in [0, 0.1) is 10.1 Å². The molecule has 8 nitrogen and oxygen atoms in total. The minimum Gasteiger partial charge on any atom is -0.374 e. The van der Waals surface area contributed by atoms with Gasteiger partial charge in [0.2, 0.25) is 10.0 Å². The third-order valence-electron chi connectivity index (χ3n) is 2.92. The summed E-state index contributed by atoms with van der Waals surface area (Å²) in [4.78, 5) is 9.77. The summed E-state index contributed by atoms with van der Waals surface area (Å²) < 4.78 is 32.0. The Bertz CT molecular complexity index is 631. The Hall–Kier alpha value is -1.26. The van der Waals surface area contributed by atoms with E-state index in [9.17, 15) is 18.5 Å². The Morgan fingerprint density at radius 1 is 1.52 bits per heavy atom. The number of rotatable bonds is 5. The van der Waals surface area contributed by atoms with Crippen LogP contribution in [-0.4, -0.2) is 45.7 Å². The number of nitro benzene ring substituents is 1. The summed E-state index contributed by atoms with van der Waals surface area (Å²) >= 11 is 5.81. The van der Waals surface area contributed by atoms with Gasteiger partial charge in [-0.3, -0.25) is 10.1 Å². The molecule has 0 radical (unpaired) electrons. The number of benzene rings is 1. The average molecular weight is 336 g/mol. The molecule has 1 fully saturated rings. The standard InChI is InChI=1S/C11H14ClN3O5S/c12-10-5-8(15(16)17)1-2-11(10)21(18,19)14-7-9-6-13-3-4-20-9/h1-2,5,9,13-14H,3-4,6-7H2. The molecule has 0 saturated carbocycles. The second-order valence-corrected chi connectivity index (χ2v) is 6.56. The monoisotopic (exact) mass is 335 g/mol. The van der Waals surface area contributed by atoms with Crippen molar-refractivity contribution in [1.82, 2.24) is 10.0 Å². The van der Waals surface area contributed by atoms with Crippen LogP contribution in [0.1, 0.15) is 0 Å². The molecule has 1 aliphatic rings. The zero-order chi connectivity index (χ0) is 15.5. The molecule has 1 heterocycles. The minimum absolute atomic E-state index is 0.0999. The van der Waals surface area contributed by atoms with Crippen molar-refractivity contribution in [1.29, 1.82) is 0 Å². The van der Waals surface area contributed by atoms with Gasteiger partial charge in [0.05, 0.1) is 22.7 Å². The van der Waals surface area contributed by atoms with Crippen LogP contribution >= 0.6 is 11.6 Å². The molecule has 0 spiro atoms. The summed E-state index contributed by atoms with van der Waals surface area (Å²) in [5, 5.41) is 13.5. The van der Waals surface area contributed by atoms with Gasteiger partial charge >= 0.3 is 0 Å². The third kappa shape index (κ3) is 4.11. The molecule has 0 bridgehead atoms. The molecule has 2 rings (SSSR count). The zero-order valence-corrected chi connectivity index (χ0v) is 12.5. The average Bonchev–Trinajstić information content (AvgIpc) is 2.46. The molecule has 2 N–H and O–H groups in total. The van der Waals surface area contributed by atoms with Gasteiger partial charge in [0, 0.05) is 31.8 Å². The van der Waals surface area contributed by atoms with Gasteiger partial charge in [0.25, 0.3) is 5.69 Å². The first-order valence-electron chi connectivity index (χ1n) is 6.16. The Morgan fingerprint density at radius 2 is 2.29 bits per heavy atom. The molecule has 116 valence electrons. The van der Waals surface area contributed by atoms with Gasteiger partial charge in [-0.15, -0.1) is 0 Å². The minimum atomic E-state index is -3.85. The van der Waals surface area contributed by atoms with E-state index in [0.29, 0.717) is 13.2 Å². The van der Waals surface area contributed by atoms with Gasteiger partial charge < -0.3 is 10.1 Å². The van der Waals surface area contributed by atoms with E-state index in [-0.39, 0.29) is 28.3 Å². The molecule has 10 heteroatoms. The van der Waals surface area contributed by atoms with E-state index in [1.807, 2.05) is 0 Å². The number of nitrogens with one attached hydrogen (secondary N) is 2.